The molecule has 5 nitrogen and oxygen atoms in total. The van der Waals surface area contributed by atoms with Crippen LogP contribution >= 0.6 is 0 Å². The van der Waals surface area contributed by atoms with Crippen LogP contribution in [0, 0.1) is 0 Å². The molecule has 1 atom stereocenters. The van der Waals surface area contributed by atoms with Crippen molar-refractivity contribution in [2.24, 2.45) is 0 Å². The molecule has 6 heteroatoms. The molecule has 0 radical (unpaired) electrons. The second-order valence-corrected chi connectivity index (χ2v) is 8.36. The predicted octanol–water partition coefficient (Wildman–Crippen LogP) is 1.68. The number of para-hydroxylation sites is 1. The van der Waals surface area contributed by atoms with Crippen LogP contribution < -0.4 is 4.90 Å². The van der Waals surface area contributed by atoms with E-state index < -0.39 is 15.1 Å². The predicted molar refractivity (Wildman–Crippen MR) is 88.7 cm³/mol. The summed E-state index contributed by atoms with van der Waals surface area (Å²) >= 11 is 0. The normalized spacial score (nSPS) is 16.6. The summed E-state index contributed by atoms with van der Waals surface area (Å²) in [4.78, 5) is 16.1. The van der Waals surface area contributed by atoms with Crippen LogP contribution in [0.4, 0.5) is 5.69 Å². The molecule has 1 amide bonds. The van der Waals surface area contributed by atoms with Crippen molar-refractivity contribution in [2.45, 2.75) is 31.6 Å². The molecule has 1 aliphatic heterocycles. The number of benzene rings is 1. The van der Waals surface area contributed by atoms with E-state index in [0.29, 0.717) is 6.54 Å². The summed E-state index contributed by atoms with van der Waals surface area (Å²) in [6.07, 6.45) is 3.48. The lowest BCUT2D eigenvalue weighted by Gasteiger charge is -2.25. The lowest BCUT2D eigenvalue weighted by Crippen LogP contribution is -2.38. The minimum absolute atomic E-state index is 0.362. The number of rotatable bonds is 5. The van der Waals surface area contributed by atoms with Gasteiger partial charge in [0.2, 0.25) is 5.91 Å². The molecule has 1 aromatic carbocycles. The molecule has 1 aliphatic rings. The zero-order valence-corrected chi connectivity index (χ0v) is 14.3. The standard InChI is InChI=1S/C16H24N2O3S/c1-13(22(3,20)21)16(19)17(2)12-14-8-4-5-9-15(14)18-10-6-7-11-18/h4-5,8-9,13H,6-7,10-12H2,1-3H3/t13-/m1/s1. The van der Waals surface area contributed by atoms with Gasteiger partial charge in [0, 0.05) is 38.6 Å². The molecule has 2 rings (SSSR count). The van der Waals surface area contributed by atoms with E-state index >= 15 is 0 Å². The maximum atomic E-state index is 12.3. The minimum Gasteiger partial charge on any atom is -0.371 e. The smallest absolute Gasteiger partial charge is 0.240 e. The van der Waals surface area contributed by atoms with E-state index in [0.717, 1.165) is 30.6 Å². The summed E-state index contributed by atoms with van der Waals surface area (Å²) in [6, 6.07) is 8.02. The van der Waals surface area contributed by atoms with Gasteiger partial charge in [-0.15, -0.1) is 0 Å². The van der Waals surface area contributed by atoms with Crippen molar-refractivity contribution >= 4 is 21.4 Å². The van der Waals surface area contributed by atoms with Crippen LogP contribution in [0.15, 0.2) is 24.3 Å². The van der Waals surface area contributed by atoms with Crippen LogP contribution in [0.5, 0.6) is 0 Å². The molecule has 0 bridgehead atoms. The highest BCUT2D eigenvalue weighted by Crippen LogP contribution is 2.25. The summed E-state index contributed by atoms with van der Waals surface area (Å²) in [5.41, 5.74) is 2.20. The third kappa shape index (κ3) is 3.80. The number of amides is 1. The molecule has 1 aromatic rings. The number of hydrogen-bond acceptors (Lipinski definition) is 4. The zero-order valence-electron chi connectivity index (χ0n) is 13.4. The highest BCUT2D eigenvalue weighted by Gasteiger charge is 2.27. The number of carbonyl (C=O) groups is 1. The molecule has 122 valence electrons. The molecular weight excluding hydrogens is 300 g/mol. The summed E-state index contributed by atoms with van der Waals surface area (Å²) in [7, 11) is -1.71. The number of sulfone groups is 1. The SMILES string of the molecule is C[C@H](C(=O)N(C)Cc1ccccc1N1CCCC1)S(C)(=O)=O. The first-order chi connectivity index (χ1) is 10.3. The molecule has 1 saturated heterocycles. The summed E-state index contributed by atoms with van der Waals surface area (Å²) in [5, 5.41) is -1.00. The van der Waals surface area contributed by atoms with E-state index in [1.54, 1.807) is 7.05 Å². The van der Waals surface area contributed by atoms with Crippen molar-refractivity contribution in [1.29, 1.82) is 0 Å². The average Bonchev–Trinajstić information content (AvgIpc) is 2.99. The van der Waals surface area contributed by atoms with E-state index in [2.05, 4.69) is 11.0 Å². The molecule has 22 heavy (non-hydrogen) atoms. The van der Waals surface area contributed by atoms with Gasteiger partial charge in [0.15, 0.2) is 9.84 Å². The maximum Gasteiger partial charge on any atom is 0.240 e. The fourth-order valence-corrected chi connectivity index (χ4v) is 3.28. The van der Waals surface area contributed by atoms with E-state index in [1.807, 2.05) is 18.2 Å². The van der Waals surface area contributed by atoms with Crippen molar-refractivity contribution in [3.8, 4) is 0 Å². The van der Waals surface area contributed by atoms with Crippen LogP contribution in [0.1, 0.15) is 25.3 Å². The molecular formula is C16H24N2O3S. The first-order valence-electron chi connectivity index (χ1n) is 7.57. The van der Waals surface area contributed by atoms with Gasteiger partial charge in [-0.05, 0) is 31.4 Å². The van der Waals surface area contributed by atoms with Gasteiger partial charge in [0.25, 0.3) is 0 Å². The number of carbonyl (C=O) groups excluding carboxylic acids is 1. The molecule has 0 aliphatic carbocycles. The molecule has 1 heterocycles. The number of hydrogen-bond donors (Lipinski definition) is 0. The Morgan fingerprint density at radius 1 is 1.27 bits per heavy atom. The minimum atomic E-state index is -3.37. The van der Waals surface area contributed by atoms with Gasteiger partial charge >= 0.3 is 0 Å². The third-order valence-corrected chi connectivity index (χ3v) is 5.70. The van der Waals surface area contributed by atoms with Crippen LogP contribution in [0.2, 0.25) is 0 Å². The third-order valence-electron chi connectivity index (χ3n) is 4.21. The van der Waals surface area contributed by atoms with Crippen LogP contribution in [0.25, 0.3) is 0 Å². The summed E-state index contributed by atoms with van der Waals surface area (Å²) in [6.45, 7) is 3.94. The van der Waals surface area contributed by atoms with Gasteiger partial charge in [0.05, 0.1) is 0 Å². The van der Waals surface area contributed by atoms with E-state index in [-0.39, 0.29) is 5.91 Å². The van der Waals surface area contributed by atoms with Crippen molar-refractivity contribution < 1.29 is 13.2 Å². The van der Waals surface area contributed by atoms with Crippen LogP contribution in [0.3, 0.4) is 0 Å². The summed E-state index contributed by atoms with van der Waals surface area (Å²) in [5.74, 6) is -0.362. The first-order valence-corrected chi connectivity index (χ1v) is 9.53. The Labute approximate surface area is 132 Å². The molecule has 0 saturated carbocycles. The zero-order chi connectivity index (χ0) is 16.3. The molecule has 0 aromatic heterocycles. The molecule has 0 spiro atoms. The van der Waals surface area contributed by atoms with Crippen LogP contribution in [-0.2, 0) is 21.2 Å². The topological polar surface area (TPSA) is 57.7 Å². The van der Waals surface area contributed by atoms with Crippen molar-refractivity contribution in [3.63, 3.8) is 0 Å². The Bertz CT molecular complexity index is 637. The van der Waals surface area contributed by atoms with Crippen LogP contribution in [-0.4, -0.2) is 50.9 Å². The second kappa shape index (κ2) is 6.69. The Hall–Kier alpha value is -1.56. The molecule has 1 fully saturated rings. The van der Waals surface area contributed by atoms with E-state index in [4.69, 9.17) is 0 Å². The van der Waals surface area contributed by atoms with Gasteiger partial charge in [-0.3, -0.25) is 4.79 Å². The average molecular weight is 324 g/mol. The Kier molecular flexibility index (Phi) is 5.11. The quantitative estimate of drug-likeness (QED) is 0.827. The Balaban J connectivity index is 2.15. The Morgan fingerprint density at radius 3 is 2.45 bits per heavy atom. The van der Waals surface area contributed by atoms with Crippen molar-refractivity contribution in [2.75, 3.05) is 31.3 Å². The lowest BCUT2D eigenvalue weighted by atomic mass is 10.1. The number of anilines is 1. The van der Waals surface area contributed by atoms with Gasteiger partial charge in [-0.1, -0.05) is 18.2 Å². The second-order valence-electron chi connectivity index (χ2n) is 5.99. The summed E-state index contributed by atoms with van der Waals surface area (Å²) < 4.78 is 23.1. The van der Waals surface area contributed by atoms with Gasteiger partial charge in [0.1, 0.15) is 5.25 Å². The largest absolute Gasteiger partial charge is 0.371 e. The Morgan fingerprint density at radius 2 is 1.86 bits per heavy atom. The van der Waals surface area contributed by atoms with Gasteiger partial charge in [-0.25, -0.2) is 8.42 Å². The molecule has 0 N–H and O–H groups in total. The molecule has 0 unspecified atom stereocenters. The monoisotopic (exact) mass is 324 g/mol. The first kappa shape index (κ1) is 16.8. The lowest BCUT2D eigenvalue weighted by molar-refractivity contribution is -0.129. The highest BCUT2D eigenvalue weighted by molar-refractivity contribution is 7.92. The number of nitrogens with zero attached hydrogens (tertiary/aromatic N) is 2. The maximum absolute atomic E-state index is 12.3. The highest BCUT2D eigenvalue weighted by atomic mass is 32.2. The van der Waals surface area contributed by atoms with E-state index in [9.17, 15) is 13.2 Å². The van der Waals surface area contributed by atoms with Crippen molar-refractivity contribution in [3.05, 3.63) is 29.8 Å². The fourth-order valence-electron chi connectivity index (χ4n) is 2.74. The van der Waals surface area contributed by atoms with Gasteiger partial charge in [-0.2, -0.15) is 0 Å². The van der Waals surface area contributed by atoms with Gasteiger partial charge < -0.3 is 9.80 Å². The van der Waals surface area contributed by atoms with E-state index in [1.165, 1.54) is 24.7 Å². The van der Waals surface area contributed by atoms with Crippen molar-refractivity contribution in [1.82, 2.24) is 4.90 Å². The fraction of sp³-hybridized carbons (Fsp3) is 0.562.